The van der Waals surface area contributed by atoms with Crippen molar-refractivity contribution in [1.29, 1.82) is 0 Å². The number of carbonyl (C=O) groups excluding carboxylic acids is 1. The largest absolute Gasteiger partial charge is 0.465 e. The molecule has 1 rings (SSSR count). The Labute approximate surface area is 159 Å². The third kappa shape index (κ3) is 5.25. The number of sulfonamides is 1. The smallest absolute Gasteiger partial charge is 0.460 e. The van der Waals surface area contributed by atoms with Crippen LogP contribution in [0.4, 0.5) is 39.5 Å². The van der Waals surface area contributed by atoms with Crippen molar-refractivity contribution < 1.29 is 57.5 Å². The van der Waals surface area contributed by atoms with Crippen LogP contribution < -0.4 is 5.32 Å². The van der Waals surface area contributed by atoms with Crippen molar-refractivity contribution in [2.24, 2.45) is 0 Å². The molecule has 1 N–H and O–H groups in total. The first kappa shape index (κ1) is 25.7. The number of alkyl halides is 9. The molecule has 0 saturated carbocycles. The molecule has 0 bridgehead atoms. The number of nitrogens with zero attached hydrogens (tertiary/aromatic N) is 1. The summed E-state index contributed by atoms with van der Waals surface area (Å²) in [5, 5.41) is 2.57. The van der Waals surface area contributed by atoms with E-state index in [1.807, 2.05) is 0 Å². The second kappa shape index (κ2) is 8.45. The van der Waals surface area contributed by atoms with Crippen LogP contribution in [-0.4, -0.2) is 80.7 Å². The molecule has 0 spiro atoms. The van der Waals surface area contributed by atoms with Crippen LogP contribution in [0.25, 0.3) is 0 Å². The minimum Gasteiger partial charge on any atom is -0.465 e. The zero-order chi connectivity index (χ0) is 22.9. The normalized spacial score (nSPS) is 20.6. The fraction of sp³-hybridized carbons (Fsp3) is 0.923. The number of piperazine rings is 1. The van der Waals surface area contributed by atoms with Gasteiger partial charge < -0.3 is 10.1 Å². The highest BCUT2D eigenvalue weighted by molar-refractivity contribution is 7.89. The molecule has 1 aliphatic heterocycles. The summed E-state index contributed by atoms with van der Waals surface area (Å²) in [6.45, 7) is 0.245. The van der Waals surface area contributed by atoms with Crippen LogP contribution in [0.1, 0.15) is 13.3 Å². The number of hydrogen-bond acceptors (Lipinski definition) is 5. The zero-order valence-electron chi connectivity index (χ0n) is 14.7. The number of esters is 1. The Morgan fingerprint density at radius 2 is 1.62 bits per heavy atom. The van der Waals surface area contributed by atoms with Gasteiger partial charge in [-0.3, -0.25) is 4.79 Å². The molecule has 1 fully saturated rings. The SMILES string of the molecule is CCOC(=O)C1CN(S(=O)(=O)CCC(F)(F)C(F)(F)C(F)(F)C(F)(F)F)CCN1. The molecule has 172 valence electrons. The second-order valence-electron chi connectivity index (χ2n) is 6.03. The molecular weight excluding hydrogens is 451 g/mol. The summed E-state index contributed by atoms with van der Waals surface area (Å²) in [4.78, 5) is 11.6. The molecule has 0 amide bonds. The van der Waals surface area contributed by atoms with E-state index >= 15 is 0 Å². The molecule has 0 aromatic carbocycles. The summed E-state index contributed by atoms with van der Waals surface area (Å²) in [5.74, 6) is -22.7. The van der Waals surface area contributed by atoms with E-state index in [4.69, 9.17) is 0 Å². The third-order valence-electron chi connectivity index (χ3n) is 3.99. The van der Waals surface area contributed by atoms with Crippen molar-refractivity contribution in [3.63, 3.8) is 0 Å². The van der Waals surface area contributed by atoms with E-state index in [-0.39, 0.29) is 19.7 Å². The highest BCUT2D eigenvalue weighted by Gasteiger charge is 2.81. The van der Waals surface area contributed by atoms with E-state index < -0.39 is 64.7 Å². The molecular formula is C13H17F9N2O4S. The second-order valence-corrected chi connectivity index (χ2v) is 8.12. The molecule has 6 nitrogen and oxygen atoms in total. The van der Waals surface area contributed by atoms with Crippen LogP contribution >= 0.6 is 0 Å². The molecule has 1 atom stereocenters. The summed E-state index contributed by atoms with van der Waals surface area (Å²) in [6.07, 6.45) is -9.48. The Morgan fingerprint density at radius 3 is 2.10 bits per heavy atom. The summed E-state index contributed by atoms with van der Waals surface area (Å²) in [5.41, 5.74) is 0. The van der Waals surface area contributed by atoms with Gasteiger partial charge in [0.05, 0.1) is 12.4 Å². The number of carbonyl (C=O) groups is 1. The molecule has 1 unspecified atom stereocenters. The molecule has 29 heavy (non-hydrogen) atoms. The summed E-state index contributed by atoms with van der Waals surface area (Å²) in [7, 11) is -4.79. The number of nitrogens with one attached hydrogen (secondary N) is 1. The Balaban J connectivity index is 2.93. The average Bonchev–Trinajstić information content (AvgIpc) is 2.59. The lowest BCUT2D eigenvalue weighted by molar-refractivity contribution is -0.396. The summed E-state index contributed by atoms with van der Waals surface area (Å²) >= 11 is 0. The zero-order valence-corrected chi connectivity index (χ0v) is 15.5. The Bertz CT molecular complexity index is 697. The fourth-order valence-electron chi connectivity index (χ4n) is 2.33. The van der Waals surface area contributed by atoms with Crippen molar-refractivity contribution in [3.8, 4) is 0 Å². The predicted molar refractivity (Wildman–Crippen MR) is 79.3 cm³/mol. The molecule has 0 aromatic rings. The van der Waals surface area contributed by atoms with Gasteiger partial charge in [0.25, 0.3) is 0 Å². The lowest BCUT2D eigenvalue weighted by atomic mass is 10.0. The van der Waals surface area contributed by atoms with E-state index in [1.165, 1.54) is 6.92 Å². The molecule has 1 heterocycles. The minimum atomic E-state index is -7.09. The van der Waals surface area contributed by atoms with Gasteiger partial charge in [0.1, 0.15) is 6.04 Å². The van der Waals surface area contributed by atoms with E-state index in [9.17, 15) is 52.7 Å². The molecule has 1 saturated heterocycles. The molecule has 16 heteroatoms. The summed E-state index contributed by atoms with van der Waals surface area (Å²) < 4.78 is 145. The number of hydrogen-bond donors (Lipinski definition) is 1. The highest BCUT2D eigenvalue weighted by Crippen LogP contribution is 2.54. The van der Waals surface area contributed by atoms with Crippen molar-refractivity contribution >= 4 is 16.0 Å². The van der Waals surface area contributed by atoms with Gasteiger partial charge in [0.15, 0.2) is 0 Å². The van der Waals surface area contributed by atoms with Crippen LogP contribution in [0.5, 0.6) is 0 Å². The number of halogens is 9. The van der Waals surface area contributed by atoms with Crippen molar-refractivity contribution in [3.05, 3.63) is 0 Å². The maximum atomic E-state index is 13.5. The first-order chi connectivity index (χ1) is 12.9. The highest BCUT2D eigenvalue weighted by atomic mass is 32.2. The Morgan fingerprint density at radius 1 is 1.07 bits per heavy atom. The van der Waals surface area contributed by atoms with Crippen molar-refractivity contribution in [1.82, 2.24) is 9.62 Å². The van der Waals surface area contributed by atoms with Gasteiger partial charge in [0.2, 0.25) is 10.0 Å². The maximum Gasteiger partial charge on any atom is 0.460 e. The van der Waals surface area contributed by atoms with Gasteiger partial charge in [-0.05, 0) is 6.92 Å². The molecule has 0 aromatic heterocycles. The monoisotopic (exact) mass is 468 g/mol. The standard InChI is InChI=1S/C13H17F9N2O4S/c1-2-28-9(25)8-7-24(5-4-23-8)29(26,27)6-3-10(14,15)11(16,17)12(18,19)13(20,21)22/h8,23H,2-7H2,1H3. The first-order valence-electron chi connectivity index (χ1n) is 7.98. The Kier molecular flexibility index (Phi) is 7.50. The first-order valence-corrected chi connectivity index (χ1v) is 9.59. The van der Waals surface area contributed by atoms with E-state index in [0.29, 0.717) is 4.31 Å². The van der Waals surface area contributed by atoms with Crippen LogP contribution in [0.15, 0.2) is 0 Å². The fourth-order valence-corrected chi connectivity index (χ4v) is 3.85. The van der Waals surface area contributed by atoms with Crippen LogP contribution in [0.3, 0.4) is 0 Å². The molecule has 0 radical (unpaired) electrons. The van der Waals surface area contributed by atoms with Gasteiger partial charge in [0, 0.05) is 26.1 Å². The average molecular weight is 468 g/mol. The van der Waals surface area contributed by atoms with Gasteiger partial charge in [-0.15, -0.1) is 0 Å². The Hall–Kier alpha value is -1.29. The predicted octanol–water partition coefficient (Wildman–Crippen LogP) is 2.01. The van der Waals surface area contributed by atoms with Gasteiger partial charge in [-0.2, -0.15) is 43.8 Å². The van der Waals surface area contributed by atoms with Crippen LogP contribution in [0, 0.1) is 0 Å². The van der Waals surface area contributed by atoms with E-state index in [0.717, 1.165) is 0 Å². The maximum absolute atomic E-state index is 13.5. The van der Waals surface area contributed by atoms with Crippen LogP contribution in [-0.2, 0) is 19.6 Å². The van der Waals surface area contributed by atoms with Crippen molar-refractivity contribution in [2.75, 3.05) is 32.0 Å². The topological polar surface area (TPSA) is 75.7 Å². The number of ether oxygens (including phenoxy) is 1. The summed E-state index contributed by atoms with van der Waals surface area (Å²) in [6, 6.07) is -1.20. The lowest BCUT2D eigenvalue weighted by Crippen LogP contribution is -2.61. The van der Waals surface area contributed by atoms with Crippen molar-refractivity contribution in [2.45, 2.75) is 43.3 Å². The minimum absolute atomic E-state index is 0.0571. The van der Waals surface area contributed by atoms with E-state index in [1.54, 1.807) is 0 Å². The molecule has 0 aliphatic carbocycles. The van der Waals surface area contributed by atoms with Gasteiger partial charge in [-0.25, -0.2) is 8.42 Å². The van der Waals surface area contributed by atoms with E-state index in [2.05, 4.69) is 10.1 Å². The van der Waals surface area contributed by atoms with Crippen LogP contribution in [0.2, 0.25) is 0 Å². The number of rotatable bonds is 8. The van der Waals surface area contributed by atoms with Gasteiger partial charge in [-0.1, -0.05) is 0 Å². The third-order valence-corrected chi connectivity index (χ3v) is 5.82. The molecule has 1 aliphatic rings. The lowest BCUT2D eigenvalue weighted by Gasteiger charge is -2.35. The quantitative estimate of drug-likeness (QED) is 0.436. The van der Waals surface area contributed by atoms with Gasteiger partial charge >= 0.3 is 29.9 Å².